The van der Waals surface area contributed by atoms with E-state index in [4.69, 9.17) is 15.6 Å². The van der Waals surface area contributed by atoms with Crippen LogP contribution in [0.25, 0.3) is 0 Å². The maximum Gasteiger partial charge on any atom is 0.250 e. The van der Waals surface area contributed by atoms with Crippen molar-refractivity contribution in [1.82, 2.24) is 0 Å². The monoisotopic (exact) mass is 224 g/mol. The summed E-state index contributed by atoms with van der Waals surface area (Å²) >= 11 is 0. The Morgan fingerprint density at radius 1 is 1.50 bits per heavy atom. The van der Waals surface area contributed by atoms with Crippen molar-refractivity contribution in [2.24, 2.45) is 5.73 Å². The summed E-state index contributed by atoms with van der Waals surface area (Å²) in [5, 5.41) is 11.1. The molecule has 0 bridgehead atoms. The summed E-state index contributed by atoms with van der Waals surface area (Å²) in [6, 6.07) is 7.30. The molecule has 1 amide bonds. The summed E-state index contributed by atoms with van der Waals surface area (Å²) in [4.78, 5) is 11.3. The Bertz CT molecular complexity index is 342. The number of nitrogens with one attached hydrogen (secondary N) is 1. The zero-order valence-electron chi connectivity index (χ0n) is 8.98. The number of amides is 1. The van der Waals surface area contributed by atoms with Crippen LogP contribution in [0, 0.1) is 0 Å². The lowest BCUT2D eigenvalue weighted by Gasteiger charge is -2.06. The van der Waals surface area contributed by atoms with Gasteiger partial charge >= 0.3 is 0 Å². The molecule has 0 atom stereocenters. The molecule has 0 spiro atoms. The van der Waals surface area contributed by atoms with Crippen molar-refractivity contribution >= 4 is 11.6 Å². The molecule has 88 valence electrons. The highest BCUT2D eigenvalue weighted by molar-refractivity contribution is 5.91. The van der Waals surface area contributed by atoms with Crippen molar-refractivity contribution in [3.05, 3.63) is 29.8 Å². The van der Waals surface area contributed by atoms with E-state index in [0.717, 1.165) is 5.56 Å². The summed E-state index contributed by atoms with van der Waals surface area (Å²) in [5.41, 5.74) is 7.13. The highest BCUT2D eigenvalue weighted by atomic mass is 16.5. The van der Waals surface area contributed by atoms with Gasteiger partial charge < -0.3 is 20.9 Å². The number of carbonyl (C=O) groups is 1. The lowest BCUT2D eigenvalue weighted by atomic mass is 10.2. The SMILES string of the molecule is NCc1cccc(NC(=O)COCCO)c1. The van der Waals surface area contributed by atoms with Crippen LogP contribution in [0.1, 0.15) is 5.56 Å². The summed E-state index contributed by atoms with van der Waals surface area (Å²) in [6.07, 6.45) is 0. The topological polar surface area (TPSA) is 84.6 Å². The molecule has 0 aliphatic heterocycles. The van der Waals surface area contributed by atoms with E-state index in [-0.39, 0.29) is 25.7 Å². The Kier molecular flexibility index (Phi) is 5.49. The maximum absolute atomic E-state index is 11.3. The molecule has 1 rings (SSSR count). The van der Waals surface area contributed by atoms with E-state index in [9.17, 15) is 4.79 Å². The molecule has 0 unspecified atom stereocenters. The molecule has 4 N–H and O–H groups in total. The highest BCUT2D eigenvalue weighted by Crippen LogP contribution is 2.09. The van der Waals surface area contributed by atoms with E-state index in [0.29, 0.717) is 12.2 Å². The van der Waals surface area contributed by atoms with Gasteiger partial charge in [-0.1, -0.05) is 12.1 Å². The van der Waals surface area contributed by atoms with Crippen LogP contribution in [0.15, 0.2) is 24.3 Å². The first-order valence-electron chi connectivity index (χ1n) is 5.03. The van der Waals surface area contributed by atoms with Crippen LogP contribution >= 0.6 is 0 Å². The first-order valence-corrected chi connectivity index (χ1v) is 5.03. The second-order valence-corrected chi connectivity index (χ2v) is 3.23. The Morgan fingerprint density at radius 2 is 2.31 bits per heavy atom. The number of hydrogen-bond acceptors (Lipinski definition) is 4. The normalized spacial score (nSPS) is 10.1. The van der Waals surface area contributed by atoms with Gasteiger partial charge in [0.25, 0.3) is 0 Å². The fraction of sp³-hybridized carbons (Fsp3) is 0.364. The Balaban J connectivity index is 2.43. The Hall–Kier alpha value is -1.43. The lowest BCUT2D eigenvalue weighted by Crippen LogP contribution is -2.19. The predicted molar refractivity (Wildman–Crippen MR) is 60.9 cm³/mol. The molecule has 1 aromatic carbocycles. The molecule has 0 saturated heterocycles. The van der Waals surface area contributed by atoms with Crippen LogP contribution in [0.2, 0.25) is 0 Å². The molecule has 16 heavy (non-hydrogen) atoms. The summed E-state index contributed by atoms with van der Waals surface area (Å²) in [6.45, 7) is 0.449. The number of ether oxygens (including phenoxy) is 1. The minimum Gasteiger partial charge on any atom is -0.394 e. The minimum atomic E-state index is -0.248. The zero-order valence-corrected chi connectivity index (χ0v) is 8.98. The quantitative estimate of drug-likeness (QED) is 0.598. The molecule has 0 aromatic heterocycles. The second-order valence-electron chi connectivity index (χ2n) is 3.23. The van der Waals surface area contributed by atoms with Gasteiger partial charge in [-0.25, -0.2) is 0 Å². The fourth-order valence-corrected chi connectivity index (χ4v) is 1.20. The number of hydrogen-bond donors (Lipinski definition) is 3. The van der Waals surface area contributed by atoms with Crippen LogP contribution in [0.4, 0.5) is 5.69 Å². The van der Waals surface area contributed by atoms with E-state index in [1.165, 1.54) is 0 Å². The summed E-state index contributed by atoms with van der Waals surface area (Å²) in [5.74, 6) is -0.248. The third-order valence-electron chi connectivity index (χ3n) is 1.92. The van der Waals surface area contributed by atoms with Gasteiger partial charge in [0.05, 0.1) is 13.2 Å². The van der Waals surface area contributed by atoms with E-state index in [2.05, 4.69) is 5.32 Å². The number of rotatable bonds is 6. The molecule has 5 heteroatoms. The lowest BCUT2D eigenvalue weighted by molar-refractivity contribution is -0.120. The highest BCUT2D eigenvalue weighted by Gasteiger charge is 2.02. The van der Waals surface area contributed by atoms with Gasteiger partial charge in [-0.15, -0.1) is 0 Å². The number of aliphatic hydroxyl groups is 1. The second kappa shape index (κ2) is 6.95. The molecule has 1 aromatic rings. The van der Waals surface area contributed by atoms with Crippen molar-refractivity contribution in [1.29, 1.82) is 0 Å². The van der Waals surface area contributed by atoms with E-state index < -0.39 is 0 Å². The van der Waals surface area contributed by atoms with Crippen molar-refractivity contribution in [3.63, 3.8) is 0 Å². The summed E-state index contributed by atoms with van der Waals surface area (Å²) < 4.78 is 4.89. The third kappa shape index (κ3) is 4.39. The zero-order chi connectivity index (χ0) is 11.8. The molecular weight excluding hydrogens is 208 g/mol. The number of nitrogens with two attached hydrogens (primary N) is 1. The van der Waals surface area contributed by atoms with Gasteiger partial charge in [0.1, 0.15) is 6.61 Å². The van der Waals surface area contributed by atoms with Gasteiger partial charge in [0, 0.05) is 12.2 Å². The number of aliphatic hydroxyl groups excluding tert-OH is 1. The van der Waals surface area contributed by atoms with Crippen LogP contribution in [0.3, 0.4) is 0 Å². The first kappa shape index (κ1) is 12.6. The molecule has 0 aliphatic carbocycles. The molecule has 0 fully saturated rings. The summed E-state index contributed by atoms with van der Waals surface area (Å²) in [7, 11) is 0. The maximum atomic E-state index is 11.3. The van der Waals surface area contributed by atoms with E-state index in [1.54, 1.807) is 6.07 Å². The van der Waals surface area contributed by atoms with Crippen LogP contribution in [-0.2, 0) is 16.1 Å². The van der Waals surface area contributed by atoms with Crippen molar-refractivity contribution in [2.45, 2.75) is 6.54 Å². The third-order valence-corrected chi connectivity index (χ3v) is 1.92. The standard InChI is InChI=1S/C11H16N2O3/c12-7-9-2-1-3-10(6-9)13-11(15)8-16-5-4-14/h1-3,6,14H,4-5,7-8,12H2,(H,13,15). The van der Waals surface area contributed by atoms with Crippen molar-refractivity contribution in [2.75, 3.05) is 25.1 Å². The average molecular weight is 224 g/mol. The minimum absolute atomic E-state index is 0.0621. The molecule has 5 nitrogen and oxygen atoms in total. The van der Waals surface area contributed by atoms with E-state index in [1.807, 2.05) is 18.2 Å². The number of carbonyl (C=O) groups excluding carboxylic acids is 1. The van der Waals surface area contributed by atoms with Crippen LogP contribution in [-0.4, -0.2) is 30.8 Å². The van der Waals surface area contributed by atoms with Gasteiger partial charge in [-0.2, -0.15) is 0 Å². The van der Waals surface area contributed by atoms with E-state index >= 15 is 0 Å². The Labute approximate surface area is 94.2 Å². The van der Waals surface area contributed by atoms with Crippen molar-refractivity contribution < 1.29 is 14.6 Å². The molecule has 0 radical (unpaired) electrons. The van der Waals surface area contributed by atoms with Gasteiger partial charge in [-0.05, 0) is 17.7 Å². The molecule has 0 aliphatic rings. The van der Waals surface area contributed by atoms with Gasteiger partial charge in [0.2, 0.25) is 5.91 Å². The molecular formula is C11H16N2O3. The number of anilines is 1. The predicted octanol–water partition coefficient (Wildman–Crippen LogP) is 0.0927. The Morgan fingerprint density at radius 3 is 3.00 bits per heavy atom. The van der Waals surface area contributed by atoms with Crippen LogP contribution < -0.4 is 11.1 Å². The smallest absolute Gasteiger partial charge is 0.250 e. The van der Waals surface area contributed by atoms with Gasteiger partial charge in [0.15, 0.2) is 0 Å². The van der Waals surface area contributed by atoms with Crippen LogP contribution in [0.5, 0.6) is 0 Å². The number of benzene rings is 1. The molecule has 0 heterocycles. The average Bonchev–Trinajstić information content (AvgIpc) is 2.29. The van der Waals surface area contributed by atoms with Crippen molar-refractivity contribution in [3.8, 4) is 0 Å². The molecule has 0 saturated carbocycles. The van der Waals surface area contributed by atoms with Gasteiger partial charge in [-0.3, -0.25) is 4.79 Å². The fourth-order valence-electron chi connectivity index (χ4n) is 1.20. The first-order chi connectivity index (χ1) is 7.76. The largest absolute Gasteiger partial charge is 0.394 e.